The molecule has 2 N–H and O–H groups in total. The molecule has 0 aliphatic heterocycles. The van der Waals surface area contributed by atoms with Crippen molar-refractivity contribution >= 4 is 25.8 Å². The Kier molecular flexibility index (Phi) is 4.96. The number of hydrogen-bond acceptors (Lipinski definition) is 3. The Bertz CT molecular complexity index is 654. The summed E-state index contributed by atoms with van der Waals surface area (Å²) in [6.45, 7) is 0.329. The van der Waals surface area contributed by atoms with Gasteiger partial charge in [0.1, 0.15) is 0 Å². The average molecular weight is 354 g/mol. The lowest BCUT2D eigenvalue weighted by Gasteiger charge is -2.17. The SMILES string of the molecule is NCCC(c1ccccc1)S(=O)(=O)c1ccc(Br)cc1. The summed E-state index contributed by atoms with van der Waals surface area (Å²) < 4.78 is 26.4. The second-order valence-corrected chi connectivity index (χ2v) is 7.52. The molecule has 1 atom stereocenters. The van der Waals surface area contributed by atoms with E-state index in [2.05, 4.69) is 15.9 Å². The van der Waals surface area contributed by atoms with Gasteiger partial charge in [0.15, 0.2) is 9.84 Å². The van der Waals surface area contributed by atoms with Gasteiger partial charge in [-0.1, -0.05) is 46.3 Å². The largest absolute Gasteiger partial charge is 0.330 e. The number of rotatable bonds is 5. The highest BCUT2D eigenvalue weighted by atomic mass is 79.9. The minimum atomic E-state index is -3.43. The summed E-state index contributed by atoms with van der Waals surface area (Å²) in [5.41, 5.74) is 6.37. The zero-order valence-corrected chi connectivity index (χ0v) is 13.3. The summed E-state index contributed by atoms with van der Waals surface area (Å²) in [4.78, 5) is 0.322. The van der Waals surface area contributed by atoms with Crippen LogP contribution in [0.3, 0.4) is 0 Å². The van der Waals surface area contributed by atoms with E-state index in [1.807, 2.05) is 30.3 Å². The van der Waals surface area contributed by atoms with E-state index in [1.54, 1.807) is 24.3 Å². The van der Waals surface area contributed by atoms with Crippen LogP contribution in [0.25, 0.3) is 0 Å². The number of benzene rings is 2. The molecule has 106 valence electrons. The van der Waals surface area contributed by atoms with Crippen LogP contribution >= 0.6 is 15.9 Å². The Labute approximate surface area is 127 Å². The van der Waals surface area contributed by atoms with Gasteiger partial charge in [-0.25, -0.2) is 8.42 Å². The molecule has 0 aliphatic carbocycles. The molecule has 3 nitrogen and oxygen atoms in total. The van der Waals surface area contributed by atoms with Gasteiger partial charge in [-0.2, -0.15) is 0 Å². The molecule has 0 fully saturated rings. The predicted molar refractivity (Wildman–Crippen MR) is 84.2 cm³/mol. The Morgan fingerprint density at radius 1 is 1.00 bits per heavy atom. The molecule has 0 spiro atoms. The average Bonchev–Trinajstić information content (AvgIpc) is 2.46. The lowest BCUT2D eigenvalue weighted by molar-refractivity contribution is 0.576. The fourth-order valence-electron chi connectivity index (χ4n) is 2.11. The van der Waals surface area contributed by atoms with E-state index < -0.39 is 15.1 Å². The second kappa shape index (κ2) is 6.52. The minimum absolute atomic E-state index is 0.322. The Morgan fingerprint density at radius 2 is 1.60 bits per heavy atom. The third-order valence-corrected chi connectivity index (χ3v) is 5.83. The topological polar surface area (TPSA) is 60.2 Å². The Balaban J connectivity index is 2.45. The first-order chi connectivity index (χ1) is 9.55. The summed E-state index contributed by atoms with van der Waals surface area (Å²) >= 11 is 3.31. The molecule has 0 saturated carbocycles. The van der Waals surface area contributed by atoms with Gasteiger partial charge in [0, 0.05) is 4.47 Å². The van der Waals surface area contributed by atoms with Crippen LogP contribution in [0.15, 0.2) is 64.0 Å². The van der Waals surface area contributed by atoms with Crippen molar-refractivity contribution in [2.45, 2.75) is 16.6 Å². The minimum Gasteiger partial charge on any atom is -0.330 e. The molecule has 1 unspecified atom stereocenters. The Hall–Kier alpha value is -1.17. The monoisotopic (exact) mass is 353 g/mol. The van der Waals surface area contributed by atoms with Gasteiger partial charge in [-0.05, 0) is 42.8 Å². The van der Waals surface area contributed by atoms with E-state index in [0.717, 1.165) is 10.0 Å². The van der Waals surface area contributed by atoms with Crippen molar-refractivity contribution in [1.82, 2.24) is 0 Å². The first-order valence-electron chi connectivity index (χ1n) is 6.30. The highest BCUT2D eigenvalue weighted by molar-refractivity contribution is 9.10. The van der Waals surface area contributed by atoms with Gasteiger partial charge >= 0.3 is 0 Å². The van der Waals surface area contributed by atoms with Crippen LogP contribution < -0.4 is 5.73 Å². The number of hydrogen-bond donors (Lipinski definition) is 1. The third kappa shape index (κ3) is 3.29. The van der Waals surface area contributed by atoms with E-state index in [1.165, 1.54) is 0 Å². The number of sulfone groups is 1. The van der Waals surface area contributed by atoms with Gasteiger partial charge in [0.25, 0.3) is 0 Å². The zero-order chi connectivity index (χ0) is 14.6. The summed E-state index contributed by atoms with van der Waals surface area (Å²) in [5.74, 6) is 0. The molecular formula is C15H16BrNO2S. The van der Waals surface area contributed by atoms with Gasteiger partial charge in [0.05, 0.1) is 10.1 Å². The molecule has 0 aromatic heterocycles. The van der Waals surface area contributed by atoms with Crippen molar-refractivity contribution in [3.8, 4) is 0 Å². The Morgan fingerprint density at radius 3 is 2.15 bits per heavy atom. The molecule has 2 aromatic carbocycles. The maximum Gasteiger partial charge on any atom is 0.185 e. The number of halogens is 1. The van der Waals surface area contributed by atoms with Crippen molar-refractivity contribution in [2.24, 2.45) is 5.73 Å². The molecule has 0 saturated heterocycles. The van der Waals surface area contributed by atoms with E-state index >= 15 is 0 Å². The molecule has 0 amide bonds. The molecule has 0 bridgehead atoms. The lowest BCUT2D eigenvalue weighted by Crippen LogP contribution is -2.17. The first kappa shape index (κ1) is 15.2. The predicted octanol–water partition coefficient (Wildman–Crippen LogP) is 3.31. The molecular weight excluding hydrogens is 338 g/mol. The molecule has 20 heavy (non-hydrogen) atoms. The second-order valence-electron chi connectivity index (χ2n) is 4.48. The van der Waals surface area contributed by atoms with Gasteiger partial charge in [-0.3, -0.25) is 0 Å². The van der Waals surface area contributed by atoms with E-state index in [4.69, 9.17) is 5.73 Å². The van der Waals surface area contributed by atoms with Gasteiger partial charge < -0.3 is 5.73 Å². The van der Waals surface area contributed by atoms with Crippen LogP contribution in [-0.2, 0) is 9.84 Å². The maximum absolute atomic E-state index is 12.8. The van der Waals surface area contributed by atoms with Crippen molar-refractivity contribution in [1.29, 1.82) is 0 Å². The van der Waals surface area contributed by atoms with E-state index in [9.17, 15) is 8.42 Å². The van der Waals surface area contributed by atoms with Crippen molar-refractivity contribution in [3.05, 3.63) is 64.6 Å². The van der Waals surface area contributed by atoms with E-state index in [0.29, 0.717) is 17.9 Å². The normalized spacial score (nSPS) is 13.1. The smallest absolute Gasteiger partial charge is 0.185 e. The molecule has 5 heteroatoms. The molecule has 2 aromatic rings. The van der Waals surface area contributed by atoms with Crippen molar-refractivity contribution in [2.75, 3.05) is 6.54 Å². The third-order valence-electron chi connectivity index (χ3n) is 3.12. The summed E-state index contributed by atoms with van der Waals surface area (Å²) in [6, 6.07) is 15.9. The quantitative estimate of drug-likeness (QED) is 0.896. The van der Waals surface area contributed by atoms with Gasteiger partial charge in [-0.15, -0.1) is 0 Å². The fraction of sp³-hybridized carbons (Fsp3) is 0.200. The fourth-order valence-corrected chi connectivity index (χ4v) is 4.18. The van der Waals surface area contributed by atoms with Crippen LogP contribution in [0.4, 0.5) is 0 Å². The molecule has 0 heterocycles. The summed E-state index contributed by atoms with van der Waals surface area (Å²) in [7, 11) is -3.43. The lowest BCUT2D eigenvalue weighted by atomic mass is 10.1. The van der Waals surface area contributed by atoms with Crippen LogP contribution in [0.5, 0.6) is 0 Å². The van der Waals surface area contributed by atoms with Crippen LogP contribution in [0.2, 0.25) is 0 Å². The molecule has 0 radical (unpaired) electrons. The zero-order valence-electron chi connectivity index (χ0n) is 10.9. The summed E-state index contributed by atoms with van der Waals surface area (Å²) in [6.07, 6.45) is 0.405. The standard InChI is InChI=1S/C15H16BrNO2S/c16-13-6-8-14(9-7-13)20(18,19)15(10-11-17)12-4-2-1-3-5-12/h1-9,15H,10-11,17H2. The number of nitrogens with two attached hydrogens (primary N) is 1. The first-order valence-corrected chi connectivity index (χ1v) is 8.64. The summed E-state index contributed by atoms with van der Waals surface area (Å²) in [5, 5.41) is -0.602. The van der Waals surface area contributed by atoms with Gasteiger partial charge in [0.2, 0.25) is 0 Å². The van der Waals surface area contributed by atoms with Crippen LogP contribution in [0.1, 0.15) is 17.2 Å². The highest BCUT2D eigenvalue weighted by Gasteiger charge is 2.28. The van der Waals surface area contributed by atoms with Crippen LogP contribution in [-0.4, -0.2) is 15.0 Å². The van der Waals surface area contributed by atoms with E-state index in [-0.39, 0.29) is 0 Å². The van der Waals surface area contributed by atoms with Crippen molar-refractivity contribution in [3.63, 3.8) is 0 Å². The van der Waals surface area contributed by atoms with Crippen LogP contribution in [0, 0.1) is 0 Å². The highest BCUT2D eigenvalue weighted by Crippen LogP contribution is 2.31. The maximum atomic E-state index is 12.8. The molecule has 2 rings (SSSR count). The molecule has 0 aliphatic rings. The van der Waals surface area contributed by atoms with Crippen molar-refractivity contribution < 1.29 is 8.42 Å².